The molecule has 7 nitrogen and oxygen atoms in total. The number of nitrogens with zero attached hydrogens (tertiary/aromatic N) is 4. The van der Waals surface area contributed by atoms with E-state index in [2.05, 4.69) is 20.7 Å². The first-order valence-corrected chi connectivity index (χ1v) is 9.21. The van der Waals surface area contributed by atoms with Crippen molar-refractivity contribution >= 4 is 35.5 Å². The fourth-order valence-electron chi connectivity index (χ4n) is 2.19. The molecule has 0 spiro atoms. The highest BCUT2D eigenvalue weighted by molar-refractivity contribution is 7.99. The minimum absolute atomic E-state index is 0.175. The van der Waals surface area contributed by atoms with Gasteiger partial charge in [0, 0.05) is 17.1 Å². The molecular formula is C17H16ClN5O2S. The minimum Gasteiger partial charge on any atom is -0.463 e. The Morgan fingerprint density at radius 1 is 1.35 bits per heavy atom. The maximum absolute atomic E-state index is 11.9. The molecule has 0 fully saturated rings. The molecule has 0 atom stereocenters. The Kier molecular flexibility index (Phi) is 6.08. The van der Waals surface area contributed by atoms with Crippen LogP contribution in [0.15, 0.2) is 57.3 Å². The third-order valence-corrected chi connectivity index (χ3v) is 4.61. The summed E-state index contributed by atoms with van der Waals surface area (Å²) in [5.41, 5.74) is 3.37. The number of hydrogen-bond acceptors (Lipinski definition) is 6. The van der Waals surface area contributed by atoms with Crippen molar-refractivity contribution < 1.29 is 9.21 Å². The Hall–Kier alpha value is -2.58. The molecule has 2 heterocycles. The minimum atomic E-state index is -0.239. The Morgan fingerprint density at radius 3 is 2.85 bits per heavy atom. The van der Waals surface area contributed by atoms with Gasteiger partial charge in [0.2, 0.25) is 0 Å². The number of benzene rings is 1. The van der Waals surface area contributed by atoms with Gasteiger partial charge in [-0.25, -0.2) is 5.43 Å². The quantitative estimate of drug-likeness (QED) is 0.380. The second-order valence-corrected chi connectivity index (χ2v) is 6.53. The molecule has 0 saturated carbocycles. The summed E-state index contributed by atoms with van der Waals surface area (Å²) in [7, 11) is 0. The van der Waals surface area contributed by atoms with Crippen molar-refractivity contribution in [2.24, 2.45) is 5.10 Å². The summed E-state index contributed by atoms with van der Waals surface area (Å²) in [4.78, 5) is 11.9. The molecule has 0 bridgehead atoms. The average molecular weight is 390 g/mol. The van der Waals surface area contributed by atoms with Gasteiger partial charge >= 0.3 is 0 Å². The largest absolute Gasteiger partial charge is 0.463 e. The molecule has 1 N–H and O–H groups in total. The maximum Gasteiger partial charge on any atom is 0.250 e. The smallest absolute Gasteiger partial charge is 0.250 e. The number of nitrogens with one attached hydrogen (secondary N) is 1. The van der Waals surface area contributed by atoms with Gasteiger partial charge in [-0.1, -0.05) is 23.4 Å². The van der Waals surface area contributed by atoms with Crippen LogP contribution in [0.1, 0.15) is 12.7 Å². The van der Waals surface area contributed by atoms with Crippen LogP contribution in [-0.4, -0.2) is 32.6 Å². The van der Waals surface area contributed by atoms with Crippen LogP contribution in [0.25, 0.3) is 11.4 Å². The van der Waals surface area contributed by atoms with Crippen LogP contribution >= 0.6 is 23.4 Å². The fraction of sp³-hybridized carbons (Fsp3) is 0.176. The molecule has 2 aromatic heterocycles. The molecule has 0 aliphatic carbocycles. The summed E-state index contributed by atoms with van der Waals surface area (Å²) >= 11 is 7.23. The van der Waals surface area contributed by atoms with Gasteiger partial charge < -0.3 is 8.98 Å². The zero-order valence-corrected chi connectivity index (χ0v) is 15.5. The predicted octanol–water partition coefficient (Wildman–Crippen LogP) is 3.45. The Morgan fingerprint density at radius 2 is 2.15 bits per heavy atom. The van der Waals surface area contributed by atoms with Crippen LogP contribution in [0, 0.1) is 0 Å². The molecule has 3 aromatic rings. The summed E-state index contributed by atoms with van der Waals surface area (Å²) in [6.45, 7) is 2.69. The molecule has 0 saturated heterocycles. The lowest BCUT2D eigenvalue weighted by Gasteiger charge is -2.07. The van der Waals surface area contributed by atoms with Gasteiger partial charge in [-0.2, -0.15) is 5.10 Å². The average Bonchev–Trinajstić information content (AvgIpc) is 3.30. The molecule has 26 heavy (non-hydrogen) atoms. The number of furan rings is 1. The van der Waals surface area contributed by atoms with Gasteiger partial charge in [-0.15, -0.1) is 10.2 Å². The van der Waals surface area contributed by atoms with E-state index in [-0.39, 0.29) is 11.7 Å². The van der Waals surface area contributed by atoms with Crippen LogP contribution < -0.4 is 5.43 Å². The lowest BCUT2D eigenvalue weighted by molar-refractivity contribution is -0.118. The van der Waals surface area contributed by atoms with E-state index in [1.165, 1.54) is 24.2 Å². The Bertz CT molecular complexity index is 891. The van der Waals surface area contributed by atoms with E-state index in [4.69, 9.17) is 16.0 Å². The highest BCUT2D eigenvalue weighted by Gasteiger charge is 2.14. The summed E-state index contributed by atoms with van der Waals surface area (Å²) in [6.07, 6.45) is 2.98. The second kappa shape index (κ2) is 8.68. The number of halogens is 1. The normalized spacial score (nSPS) is 11.2. The van der Waals surface area contributed by atoms with E-state index in [9.17, 15) is 4.79 Å². The third-order valence-electron chi connectivity index (χ3n) is 3.39. The molecule has 3 rings (SSSR count). The van der Waals surface area contributed by atoms with Crippen LogP contribution in [-0.2, 0) is 11.3 Å². The number of thioether (sulfide) groups is 1. The van der Waals surface area contributed by atoms with Gasteiger partial charge in [-0.05, 0) is 43.3 Å². The van der Waals surface area contributed by atoms with Gasteiger partial charge in [0.05, 0.1) is 18.2 Å². The first-order chi connectivity index (χ1) is 12.7. The summed E-state index contributed by atoms with van der Waals surface area (Å²) in [5.74, 6) is 1.24. The molecule has 9 heteroatoms. The van der Waals surface area contributed by atoms with Gasteiger partial charge in [-0.3, -0.25) is 4.79 Å². The number of carbonyl (C=O) groups is 1. The molecule has 0 unspecified atom stereocenters. The number of carbonyl (C=O) groups excluding carboxylic acids is 1. The first kappa shape index (κ1) is 18.2. The molecular weight excluding hydrogens is 374 g/mol. The fourth-order valence-corrected chi connectivity index (χ4v) is 3.11. The molecule has 0 aliphatic heterocycles. The van der Waals surface area contributed by atoms with Crippen molar-refractivity contribution in [3.05, 3.63) is 53.4 Å². The number of aromatic nitrogens is 3. The molecule has 134 valence electrons. The standard InChI is InChI=1S/C17H16ClN5O2S/c1-2-23-16(12-5-7-13(18)8-6-12)21-22-17(23)26-11-15(24)20-19-10-14-4-3-9-25-14/h3-10H,2,11H2,1H3,(H,20,24)/b19-10+. The SMILES string of the molecule is CCn1c(SCC(=O)N/N=C/c2ccco2)nnc1-c1ccc(Cl)cc1. The van der Waals surface area contributed by atoms with Crippen LogP contribution in [0.4, 0.5) is 0 Å². The van der Waals surface area contributed by atoms with Gasteiger partial charge in [0.15, 0.2) is 11.0 Å². The number of hydrogen-bond donors (Lipinski definition) is 1. The highest BCUT2D eigenvalue weighted by Crippen LogP contribution is 2.24. The molecule has 1 amide bonds. The Labute approximate surface area is 159 Å². The van der Waals surface area contributed by atoms with E-state index in [0.29, 0.717) is 22.5 Å². The number of rotatable bonds is 7. The predicted molar refractivity (Wildman–Crippen MR) is 101 cm³/mol. The zero-order chi connectivity index (χ0) is 18.4. The van der Waals surface area contributed by atoms with Crippen molar-refractivity contribution in [3.63, 3.8) is 0 Å². The van der Waals surface area contributed by atoms with E-state index < -0.39 is 0 Å². The molecule has 0 radical (unpaired) electrons. The third kappa shape index (κ3) is 4.53. The first-order valence-electron chi connectivity index (χ1n) is 7.84. The van der Waals surface area contributed by atoms with Crippen LogP contribution in [0.5, 0.6) is 0 Å². The van der Waals surface area contributed by atoms with Crippen LogP contribution in [0.2, 0.25) is 5.02 Å². The van der Waals surface area contributed by atoms with Crippen molar-refractivity contribution in [1.82, 2.24) is 20.2 Å². The summed E-state index contributed by atoms with van der Waals surface area (Å²) in [6, 6.07) is 10.9. The van der Waals surface area contributed by atoms with Crippen LogP contribution in [0.3, 0.4) is 0 Å². The topological polar surface area (TPSA) is 85.3 Å². The van der Waals surface area contributed by atoms with Crippen molar-refractivity contribution in [3.8, 4) is 11.4 Å². The Balaban J connectivity index is 1.61. The van der Waals surface area contributed by atoms with E-state index >= 15 is 0 Å². The monoisotopic (exact) mass is 389 g/mol. The highest BCUT2D eigenvalue weighted by atomic mass is 35.5. The van der Waals surface area contributed by atoms with E-state index in [0.717, 1.165) is 11.4 Å². The lowest BCUT2D eigenvalue weighted by Crippen LogP contribution is -2.20. The zero-order valence-electron chi connectivity index (χ0n) is 13.9. The van der Waals surface area contributed by atoms with Gasteiger partial charge in [0.1, 0.15) is 5.76 Å². The maximum atomic E-state index is 11.9. The second-order valence-electron chi connectivity index (χ2n) is 5.15. The number of amides is 1. The van der Waals surface area contributed by atoms with Crippen molar-refractivity contribution in [2.75, 3.05) is 5.75 Å². The number of hydrazone groups is 1. The van der Waals surface area contributed by atoms with E-state index in [1.807, 2.05) is 35.8 Å². The van der Waals surface area contributed by atoms with Gasteiger partial charge in [0.25, 0.3) is 5.91 Å². The lowest BCUT2D eigenvalue weighted by atomic mass is 10.2. The summed E-state index contributed by atoms with van der Waals surface area (Å²) < 4.78 is 7.04. The molecule has 0 aliphatic rings. The van der Waals surface area contributed by atoms with E-state index in [1.54, 1.807) is 12.1 Å². The summed E-state index contributed by atoms with van der Waals surface area (Å²) in [5, 5.41) is 13.6. The molecule has 1 aromatic carbocycles. The van der Waals surface area contributed by atoms with Crippen molar-refractivity contribution in [2.45, 2.75) is 18.6 Å². The van der Waals surface area contributed by atoms with Crippen molar-refractivity contribution in [1.29, 1.82) is 0 Å².